The van der Waals surface area contributed by atoms with Crippen molar-refractivity contribution >= 4 is 5.69 Å². The summed E-state index contributed by atoms with van der Waals surface area (Å²) in [6.07, 6.45) is 5.18. The zero-order valence-corrected chi connectivity index (χ0v) is 8.29. The number of fused-ring (bicyclic) bond motifs is 1. The van der Waals surface area contributed by atoms with Crippen LogP contribution in [0.2, 0.25) is 0 Å². The normalized spacial score (nSPS) is 16.4. The van der Waals surface area contributed by atoms with Gasteiger partial charge in [0.25, 0.3) is 0 Å². The third-order valence-corrected chi connectivity index (χ3v) is 2.97. The van der Waals surface area contributed by atoms with E-state index < -0.39 is 0 Å². The molecule has 2 nitrogen and oxygen atoms in total. The molecule has 1 aromatic rings. The van der Waals surface area contributed by atoms with Gasteiger partial charge < -0.3 is 11.5 Å². The van der Waals surface area contributed by atoms with Gasteiger partial charge in [-0.05, 0) is 42.0 Å². The molecule has 0 radical (unpaired) electrons. The van der Waals surface area contributed by atoms with E-state index in [0.717, 1.165) is 18.5 Å². The molecule has 2 heteroatoms. The third-order valence-electron chi connectivity index (χ3n) is 2.97. The molecule has 0 aliphatic heterocycles. The highest BCUT2D eigenvalue weighted by Crippen LogP contribution is 2.32. The van der Waals surface area contributed by atoms with Gasteiger partial charge in [-0.25, -0.2) is 0 Å². The highest BCUT2D eigenvalue weighted by Gasteiger charge is 2.19. The second-order valence-electron chi connectivity index (χ2n) is 3.82. The van der Waals surface area contributed by atoms with E-state index in [-0.39, 0.29) is 6.04 Å². The zero-order valence-electron chi connectivity index (χ0n) is 8.29. The van der Waals surface area contributed by atoms with E-state index in [4.69, 9.17) is 11.5 Å². The van der Waals surface area contributed by atoms with Crippen molar-refractivity contribution in [1.82, 2.24) is 0 Å². The van der Waals surface area contributed by atoms with Gasteiger partial charge in [-0.3, -0.25) is 0 Å². The predicted octanol–water partition coefficient (Wildman–Crippen LogP) is 1.94. The van der Waals surface area contributed by atoms with Crippen LogP contribution in [-0.2, 0) is 12.8 Å². The quantitative estimate of drug-likeness (QED) is 0.550. The minimum Gasteiger partial charge on any atom is -0.398 e. The van der Waals surface area contributed by atoms with Crippen LogP contribution in [0.4, 0.5) is 5.69 Å². The Kier molecular flexibility index (Phi) is 2.30. The molecule has 0 bridgehead atoms. The van der Waals surface area contributed by atoms with Gasteiger partial charge in [-0.1, -0.05) is 12.1 Å². The monoisotopic (exact) mass is 188 g/mol. The molecule has 4 N–H and O–H groups in total. The minimum atomic E-state index is -0.0533. The number of nitrogen functional groups attached to an aromatic ring is 1. The van der Waals surface area contributed by atoms with E-state index in [0.29, 0.717) is 0 Å². The molecule has 0 saturated carbocycles. The van der Waals surface area contributed by atoms with E-state index in [1.54, 1.807) is 6.08 Å². The number of anilines is 1. The van der Waals surface area contributed by atoms with Crippen LogP contribution >= 0.6 is 0 Å². The number of hydrogen-bond acceptors (Lipinski definition) is 2. The number of rotatable bonds is 2. The summed E-state index contributed by atoms with van der Waals surface area (Å²) >= 11 is 0. The maximum atomic E-state index is 5.96. The molecule has 0 unspecified atom stereocenters. The Morgan fingerprint density at radius 2 is 2.00 bits per heavy atom. The minimum absolute atomic E-state index is 0.0533. The van der Waals surface area contributed by atoms with Gasteiger partial charge in [0, 0.05) is 11.7 Å². The fourth-order valence-electron chi connectivity index (χ4n) is 2.20. The lowest BCUT2D eigenvalue weighted by atomic mass is 9.97. The van der Waals surface area contributed by atoms with Crippen molar-refractivity contribution in [2.45, 2.75) is 25.3 Å². The van der Waals surface area contributed by atoms with E-state index in [9.17, 15) is 0 Å². The molecule has 0 fully saturated rings. The van der Waals surface area contributed by atoms with Gasteiger partial charge in [-0.2, -0.15) is 0 Å². The molecular weight excluding hydrogens is 172 g/mol. The Labute approximate surface area is 84.6 Å². The summed E-state index contributed by atoms with van der Waals surface area (Å²) in [6.45, 7) is 3.73. The fraction of sp³-hybridized carbons (Fsp3) is 0.333. The van der Waals surface area contributed by atoms with Gasteiger partial charge >= 0.3 is 0 Å². The SMILES string of the molecule is C=C[C@H](N)c1ccc(N)c2c1CCC2. The second-order valence-corrected chi connectivity index (χ2v) is 3.82. The maximum Gasteiger partial charge on any atom is 0.0481 e. The van der Waals surface area contributed by atoms with Crippen molar-refractivity contribution in [1.29, 1.82) is 0 Å². The fourth-order valence-corrected chi connectivity index (χ4v) is 2.20. The molecule has 0 spiro atoms. The Bertz CT molecular complexity index is 369. The van der Waals surface area contributed by atoms with Gasteiger partial charge in [0.05, 0.1) is 0 Å². The largest absolute Gasteiger partial charge is 0.398 e. The van der Waals surface area contributed by atoms with Crippen LogP contribution in [0.15, 0.2) is 24.8 Å². The molecule has 2 rings (SSSR count). The molecule has 0 aromatic heterocycles. The van der Waals surface area contributed by atoms with Crippen molar-refractivity contribution in [3.05, 3.63) is 41.5 Å². The van der Waals surface area contributed by atoms with Crippen molar-refractivity contribution in [3.63, 3.8) is 0 Å². The van der Waals surface area contributed by atoms with Crippen molar-refractivity contribution in [3.8, 4) is 0 Å². The predicted molar refractivity (Wildman–Crippen MR) is 60.0 cm³/mol. The van der Waals surface area contributed by atoms with Gasteiger partial charge in [-0.15, -0.1) is 6.58 Å². The second kappa shape index (κ2) is 3.46. The number of benzene rings is 1. The van der Waals surface area contributed by atoms with Gasteiger partial charge in [0.1, 0.15) is 0 Å². The van der Waals surface area contributed by atoms with Crippen LogP contribution < -0.4 is 11.5 Å². The van der Waals surface area contributed by atoms with Crippen LogP contribution in [0, 0.1) is 0 Å². The van der Waals surface area contributed by atoms with Gasteiger partial charge in [0.2, 0.25) is 0 Å². The Balaban J connectivity index is 2.53. The standard InChI is InChI=1S/C12H16N2/c1-2-11(13)10-6-7-12(14)9-5-3-4-8(9)10/h2,6-7,11H,1,3-5,13-14H2/t11-/m0/s1. The van der Waals surface area contributed by atoms with Crippen molar-refractivity contribution in [2.75, 3.05) is 5.73 Å². The lowest BCUT2D eigenvalue weighted by Gasteiger charge is -2.13. The number of nitrogens with two attached hydrogens (primary N) is 2. The summed E-state index contributed by atoms with van der Waals surface area (Å²) < 4.78 is 0. The summed E-state index contributed by atoms with van der Waals surface area (Å²) in [5, 5.41) is 0. The first kappa shape index (κ1) is 9.28. The first-order chi connectivity index (χ1) is 6.74. The topological polar surface area (TPSA) is 52.0 Å². The molecule has 1 aliphatic rings. The zero-order chi connectivity index (χ0) is 10.1. The van der Waals surface area contributed by atoms with Crippen molar-refractivity contribution < 1.29 is 0 Å². The summed E-state index contributed by atoms with van der Waals surface area (Å²) in [7, 11) is 0. The third kappa shape index (κ3) is 1.32. The van der Waals surface area contributed by atoms with Crippen LogP contribution in [0.1, 0.15) is 29.2 Å². The van der Waals surface area contributed by atoms with Crippen molar-refractivity contribution in [2.24, 2.45) is 5.73 Å². The molecular formula is C12H16N2. The Hall–Kier alpha value is -1.28. The lowest BCUT2D eigenvalue weighted by Crippen LogP contribution is -2.10. The van der Waals surface area contributed by atoms with Crippen LogP contribution in [0.5, 0.6) is 0 Å². The molecule has 0 saturated heterocycles. The lowest BCUT2D eigenvalue weighted by molar-refractivity contribution is 0.870. The summed E-state index contributed by atoms with van der Waals surface area (Å²) in [4.78, 5) is 0. The van der Waals surface area contributed by atoms with Gasteiger partial charge in [0.15, 0.2) is 0 Å². The van der Waals surface area contributed by atoms with Crippen LogP contribution in [0.3, 0.4) is 0 Å². The first-order valence-electron chi connectivity index (χ1n) is 5.02. The van der Waals surface area contributed by atoms with E-state index in [2.05, 4.69) is 6.58 Å². The highest BCUT2D eigenvalue weighted by molar-refractivity contribution is 5.57. The molecule has 0 heterocycles. The smallest absolute Gasteiger partial charge is 0.0481 e. The molecule has 0 amide bonds. The maximum absolute atomic E-state index is 5.96. The number of hydrogen-bond donors (Lipinski definition) is 2. The van der Waals surface area contributed by atoms with Crippen LogP contribution in [-0.4, -0.2) is 0 Å². The first-order valence-corrected chi connectivity index (χ1v) is 5.02. The summed E-state index contributed by atoms with van der Waals surface area (Å²) in [5.41, 5.74) is 16.6. The molecule has 1 atom stereocenters. The molecule has 14 heavy (non-hydrogen) atoms. The highest BCUT2D eigenvalue weighted by atomic mass is 14.6. The van der Waals surface area contributed by atoms with E-state index >= 15 is 0 Å². The molecule has 74 valence electrons. The summed E-state index contributed by atoms with van der Waals surface area (Å²) in [5.74, 6) is 0. The van der Waals surface area contributed by atoms with Crippen LogP contribution in [0.25, 0.3) is 0 Å². The Morgan fingerprint density at radius 1 is 1.29 bits per heavy atom. The molecule has 1 aliphatic carbocycles. The summed E-state index contributed by atoms with van der Waals surface area (Å²) in [6, 6.07) is 3.94. The average Bonchev–Trinajstić information content (AvgIpc) is 2.67. The molecule has 1 aromatic carbocycles. The van der Waals surface area contributed by atoms with E-state index in [1.165, 1.54) is 23.1 Å². The average molecular weight is 188 g/mol. The Morgan fingerprint density at radius 3 is 2.71 bits per heavy atom. The van der Waals surface area contributed by atoms with E-state index in [1.807, 2.05) is 12.1 Å².